The molecule has 0 saturated carbocycles. The van der Waals surface area contributed by atoms with Crippen molar-refractivity contribution >= 4 is 22.0 Å². The van der Waals surface area contributed by atoms with Crippen molar-refractivity contribution in [1.29, 1.82) is 0 Å². The predicted molar refractivity (Wildman–Crippen MR) is 70.5 cm³/mol. The first-order chi connectivity index (χ1) is 8.63. The maximum absolute atomic E-state index is 13.9. The molecule has 0 bridgehead atoms. The number of likely N-dealkylation sites (tertiary alicyclic amines) is 1. The molecule has 1 unspecified atom stereocenters. The number of ether oxygens (including phenoxy) is 1. The number of hydrogen-bond acceptors (Lipinski definition) is 2. The molecule has 1 aromatic carbocycles. The van der Waals surface area contributed by atoms with Crippen LogP contribution in [0.4, 0.5) is 9.18 Å². The Morgan fingerprint density at radius 1 is 1.44 bits per heavy atom. The lowest BCUT2D eigenvalue weighted by molar-refractivity contribution is 0.0970. The number of halogens is 2. The molecule has 5 heteroatoms. The topological polar surface area (TPSA) is 29.5 Å². The Balaban J connectivity index is 1.83. The van der Waals surface area contributed by atoms with Crippen LogP contribution in [-0.2, 0) is 11.3 Å². The van der Waals surface area contributed by atoms with E-state index in [1.807, 2.05) is 30.3 Å². The number of rotatable bonds is 3. The van der Waals surface area contributed by atoms with E-state index < -0.39 is 11.8 Å². The summed E-state index contributed by atoms with van der Waals surface area (Å²) in [6.07, 6.45) is -0.0853. The monoisotopic (exact) mass is 315 g/mol. The molecule has 0 radical (unpaired) electrons. The summed E-state index contributed by atoms with van der Waals surface area (Å²) in [5.41, 5.74) is -0.386. The zero-order valence-electron chi connectivity index (χ0n) is 9.94. The summed E-state index contributed by atoms with van der Waals surface area (Å²) >= 11 is 3.13. The molecule has 98 valence electrons. The van der Waals surface area contributed by atoms with Crippen LogP contribution in [0.2, 0.25) is 0 Å². The van der Waals surface area contributed by atoms with Crippen LogP contribution in [0.1, 0.15) is 12.0 Å². The third-order valence-corrected chi connectivity index (χ3v) is 4.01. The number of carbonyl (C=O) groups is 1. The molecule has 0 aliphatic carbocycles. The molecule has 1 aliphatic rings. The molecule has 1 fully saturated rings. The normalized spacial score (nSPS) is 23.1. The van der Waals surface area contributed by atoms with E-state index in [9.17, 15) is 9.18 Å². The van der Waals surface area contributed by atoms with Crippen LogP contribution in [0.3, 0.4) is 0 Å². The van der Waals surface area contributed by atoms with E-state index in [1.165, 1.54) is 4.90 Å². The van der Waals surface area contributed by atoms with Crippen LogP contribution >= 0.6 is 15.9 Å². The van der Waals surface area contributed by atoms with Gasteiger partial charge < -0.3 is 9.64 Å². The van der Waals surface area contributed by atoms with Gasteiger partial charge in [-0.15, -0.1) is 0 Å². The second-order valence-electron chi connectivity index (χ2n) is 4.50. The Morgan fingerprint density at radius 3 is 2.78 bits per heavy atom. The molecule has 18 heavy (non-hydrogen) atoms. The summed E-state index contributed by atoms with van der Waals surface area (Å²) in [6, 6.07) is 9.44. The van der Waals surface area contributed by atoms with Gasteiger partial charge in [-0.3, -0.25) is 0 Å². The predicted octanol–water partition coefficient (Wildman–Crippen LogP) is 3.13. The van der Waals surface area contributed by atoms with Gasteiger partial charge in [-0.2, -0.15) is 0 Å². The van der Waals surface area contributed by atoms with Crippen LogP contribution in [0.25, 0.3) is 0 Å². The first kappa shape index (κ1) is 13.3. The van der Waals surface area contributed by atoms with E-state index in [2.05, 4.69) is 15.9 Å². The number of amides is 1. The van der Waals surface area contributed by atoms with Crippen LogP contribution in [0.15, 0.2) is 30.3 Å². The Labute approximate surface area is 114 Å². The van der Waals surface area contributed by atoms with Gasteiger partial charge in [0.2, 0.25) is 0 Å². The highest BCUT2D eigenvalue weighted by Crippen LogP contribution is 2.27. The van der Waals surface area contributed by atoms with Crippen molar-refractivity contribution in [3.63, 3.8) is 0 Å². The number of carbonyl (C=O) groups excluding carboxylic acids is 1. The summed E-state index contributed by atoms with van der Waals surface area (Å²) in [4.78, 5) is 13.2. The number of alkyl halides is 2. The van der Waals surface area contributed by atoms with Crippen molar-refractivity contribution in [2.24, 2.45) is 0 Å². The number of hydrogen-bond donors (Lipinski definition) is 0. The fraction of sp³-hybridized carbons (Fsp3) is 0.462. The van der Waals surface area contributed by atoms with Crippen LogP contribution in [0.5, 0.6) is 0 Å². The SMILES string of the molecule is O=C(OCc1ccccc1)N1CCC(F)(CBr)C1. The second-order valence-corrected chi connectivity index (χ2v) is 5.06. The molecular formula is C13H15BrFNO2. The minimum absolute atomic E-state index is 0.103. The first-order valence-corrected chi connectivity index (χ1v) is 6.96. The van der Waals surface area contributed by atoms with Gasteiger partial charge in [0.1, 0.15) is 12.3 Å². The van der Waals surface area contributed by atoms with Crippen LogP contribution < -0.4 is 0 Å². The molecule has 0 N–H and O–H groups in total. The fourth-order valence-electron chi connectivity index (χ4n) is 1.91. The molecule has 1 atom stereocenters. The molecule has 1 aliphatic heterocycles. The second kappa shape index (κ2) is 5.69. The molecule has 3 nitrogen and oxygen atoms in total. The van der Waals surface area contributed by atoms with E-state index in [-0.39, 0.29) is 18.5 Å². The highest BCUT2D eigenvalue weighted by molar-refractivity contribution is 9.09. The molecule has 0 spiro atoms. The van der Waals surface area contributed by atoms with Gasteiger partial charge in [-0.05, 0) is 5.56 Å². The van der Waals surface area contributed by atoms with Gasteiger partial charge in [0.25, 0.3) is 0 Å². The molecule has 1 aromatic rings. The highest BCUT2D eigenvalue weighted by Gasteiger charge is 2.39. The van der Waals surface area contributed by atoms with Crippen LogP contribution in [-0.4, -0.2) is 35.1 Å². The Bertz CT molecular complexity index is 415. The average molecular weight is 316 g/mol. The quantitative estimate of drug-likeness (QED) is 0.802. The Hall–Kier alpha value is -1.10. The van der Waals surface area contributed by atoms with E-state index in [1.54, 1.807) is 0 Å². The van der Waals surface area contributed by atoms with Gasteiger partial charge in [-0.1, -0.05) is 46.3 Å². The van der Waals surface area contributed by atoms with E-state index in [4.69, 9.17) is 4.74 Å². The molecule has 1 saturated heterocycles. The average Bonchev–Trinajstić information content (AvgIpc) is 2.81. The summed E-state index contributed by atoms with van der Waals surface area (Å²) in [7, 11) is 0. The van der Waals surface area contributed by atoms with Gasteiger partial charge in [-0.25, -0.2) is 9.18 Å². The first-order valence-electron chi connectivity index (χ1n) is 5.83. The lowest BCUT2D eigenvalue weighted by atomic mass is 10.1. The lowest BCUT2D eigenvalue weighted by Gasteiger charge is -2.18. The minimum Gasteiger partial charge on any atom is -0.445 e. The molecular weight excluding hydrogens is 301 g/mol. The van der Waals surface area contributed by atoms with Crippen molar-refractivity contribution in [3.8, 4) is 0 Å². The summed E-state index contributed by atoms with van der Waals surface area (Å²) in [5.74, 6) is 0. The zero-order valence-corrected chi connectivity index (χ0v) is 11.5. The maximum Gasteiger partial charge on any atom is 0.410 e. The van der Waals surface area contributed by atoms with Crippen molar-refractivity contribution in [2.45, 2.75) is 18.7 Å². The molecule has 0 aromatic heterocycles. The van der Waals surface area contributed by atoms with E-state index in [0.29, 0.717) is 13.0 Å². The minimum atomic E-state index is -1.31. The van der Waals surface area contributed by atoms with Crippen molar-refractivity contribution in [1.82, 2.24) is 4.90 Å². The van der Waals surface area contributed by atoms with Gasteiger partial charge in [0.15, 0.2) is 0 Å². The van der Waals surface area contributed by atoms with Crippen LogP contribution in [0, 0.1) is 0 Å². The molecule has 1 heterocycles. The molecule has 2 rings (SSSR count). The maximum atomic E-state index is 13.9. The number of nitrogens with zero attached hydrogens (tertiary/aromatic N) is 1. The van der Waals surface area contributed by atoms with Gasteiger partial charge in [0, 0.05) is 18.3 Å². The van der Waals surface area contributed by atoms with E-state index >= 15 is 0 Å². The van der Waals surface area contributed by atoms with Gasteiger partial charge >= 0.3 is 6.09 Å². The Morgan fingerprint density at radius 2 is 2.17 bits per heavy atom. The summed E-state index contributed by atoms with van der Waals surface area (Å²) < 4.78 is 19.1. The van der Waals surface area contributed by atoms with Gasteiger partial charge in [0.05, 0.1) is 6.54 Å². The highest BCUT2D eigenvalue weighted by atomic mass is 79.9. The lowest BCUT2D eigenvalue weighted by Crippen LogP contribution is -2.34. The summed E-state index contributed by atoms with van der Waals surface area (Å²) in [5, 5.41) is 0.252. The van der Waals surface area contributed by atoms with Crippen molar-refractivity contribution in [2.75, 3.05) is 18.4 Å². The summed E-state index contributed by atoms with van der Waals surface area (Å²) in [6.45, 7) is 0.741. The smallest absolute Gasteiger partial charge is 0.410 e. The largest absolute Gasteiger partial charge is 0.445 e. The van der Waals surface area contributed by atoms with Crippen molar-refractivity contribution < 1.29 is 13.9 Å². The third-order valence-electron chi connectivity index (χ3n) is 3.01. The fourth-order valence-corrected chi connectivity index (χ4v) is 2.37. The zero-order chi connectivity index (χ0) is 13.0. The number of benzene rings is 1. The van der Waals surface area contributed by atoms with Crippen molar-refractivity contribution in [3.05, 3.63) is 35.9 Å². The third kappa shape index (κ3) is 3.22. The Kier molecular flexibility index (Phi) is 4.22. The molecule has 1 amide bonds. The van der Waals surface area contributed by atoms with E-state index in [0.717, 1.165) is 5.56 Å². The standard InChI is InChI=1S/C13H15BrFNO2/c14-9-13(15)6-7-16(10-13)12(17)18-8-11-4-2-1-3-5-11/h1-5H,6-10H2.